The van der Waals surface area contributed by atoms with Gasteiger partial charge in [-0.25, -0.2) is 4.39 Å². The van der Waals surface area contributed by atoms with Gasteiger partial charge >= 0.3 is 0 Å². The van der Waals surface area contributed by atoms with Crippen molar-refractivity contribution >= 4 is 23.2 Å². The number of fused-ring (bicyclic) bond motifs is 2. The topological polar surface area (TPSA) is 77.1 Å². The van der Waals surface area contributed by atoms with Crippen molar-refractivity contribution in [3.05, 3.63) is 60.4 Å². The molecule has 2 amide bonds. The molecule has 0 aliphatic carbocycles. The van der Waals surface area contributed by atoms with E-state index in [0.29, 0.717) is 29.4 Å². The van der Waals surface area contributed by atoms with Gasteiger partial charge in [-0.05, 0) is 30.3 Å². The van der Waals surface area contributed by atoms with Gasteiger partial charge in [0.05, 0.1) is 24.5 Å². The van der Waals surface area contributed by atoms with E-state index in [1.807, 2.05) is 12.2 Å². The van der Waals surface area contributed by atoms with E-state index >= 15 is 0 Å². The number of ether oxygens (including phenoxy) is 3. The Bertz CT molecular complexity index is 1120. The molecule has 0 aromatic heterocycles. The zero-order valence-electron chi connectivity index (χ0n) is 15.7. The van der Waals surface area contributed by atoms with Gasteiger partial charge in [0.15, 0.2) is 11.5 Å². The first-order chi connectivity index (χ1) is 14.5. The van der Waals surface area contributed by atoms with Crippen LogP contribution in [0.15, 0.2) is 54.6 Å². The normalized spacial score (nSPS) is 30.1. The molecule has 2 aromatic carbocycles. The Morgan fingerprint density at radius 2 is 2.03 bits per heavy atom. The zero-order chi connectivity index (χ0) is 20.5. The highest BCUT2D eigenvalue weighted by molar-refractivity contribution is 6.05. The van der Waals surface area contributed by atoms with Crippen LogP contribution in [0, 0.1) is 17.7 Å². The van der Waals surface area contributed by atoms with E-state index < -0.39 is 29.4 Å². The van der Waals surface area contributed by atoms with Crippen molar-refractivity contribution in [3.63, 3.8) is 0 Å². The number of nitrogens with one attached hydrogen (secondary N) is 1. The number of benzene rings is 2. The summed E-state index contributed by atoms with van der Waals surface area (Å²) < 4.78 is 30.4. The van der Waals surface area contributed by atoms with E-state index in [1.165, 1.54) is 18.2 Å². The minimum atomic E-state index is -0.845. The average Bonchev–Trinajstić information content (AvgIpc) is 3.48. The van der Waals surface area contributed by atoms with Crippen LogP contribution in [0.3, 0.4) is 0 Å². The smallest absolute Gasteiger partial charge is 0.234 e. The van der Waals surface area contributed by atoms with Gasteiger partial charge < -0.3 is 24.4 Å². The number of anilines is 2. The number of carbonyl (C=O) groups is 2. The predicted molar refractivity (Wildman–Crippen MR) is 104 cm³/mol. The number of halogens is 1. The molecular weight excluding hydrogens is 391 g/mol. The molecule has 2 bridgehead atoms. The first-order valence-corrected chi connectivity index (χ1v) is 9.69. The molecule has 4 atom stereocenters. The van der Waals surface area contributed by atoms with Crippen LogP contribution in [0.4, 0.5) is 15.8 Å². The lowest BCUT2D eigenvalue weighted by atomic mass is 9.77. The highest BCUT2D eigenvalue weighted by Crippen LogP contribution is 2.53. The lowest BCUT2D eigenvalue weighted by Crippen LogP contribution is -2.41. The molecular formula is C22H17FN2O5. The molecule has 2 saturated heterocycles. The predicted octanol–water partition coefficient (Wildman–Crippen LogP) is 2.48. The SMILES string of the molecule is O=C(Nc1cccc(F)c1)C1C2C=C[C@]3(CN(c4ccc5c(c4)OCO5)C(=O)C13)O2. The van der Waals surface area contributed by atoms with Crippen LogP contribution < -0.4 is 19.7 Å². The Labute approximate surface area is 171 Å². The van der Waals surface area contributed by atoms with Crippen LogP contribution in [0.5, 0.6) is 11.5 Å². The van der Waals surface area contributed by atoms with Gasteiger partial charge in [0.1, 0.15) is 11.4 Å². The molecule has 2 fully saturated rings. The molecule has 1 spiro atoms. The lowest BCUT2D eigenvalue weighted by molar-refractivity contribution is -0.128. The number of hydrogen-bond acceptors (Lipinski definition) is 5. The molecule has 0 saturated carbocycles. The summed E-state index contributed by atoms with van der Waals surface area (Å²) in [6.07, 6.45) is 3.24. The number of carbonyl (C=O) groups excluding carboxylic acids is 2. The van der Waals surface area contributed by atoms with Gasteiger partial charge in [-0.3, -0.25) is 9.59 Å². The maximum atomic E-state index is 13.5. The minimum absolute atomic E-state index is 0.148. The van der Waals surface area contributed by atoms with Crippen molar-refractivity contribution in [3.8, 4) is 11.5 Å². The lowest BCUT2D eigenvalue weighted by Gasteiger charge is -2.23. The summed E-state index contributed by atoms with van der Waals surface area (Å²) in [4.78, 5) is 28.1. The van der Waals surface area contributed by atoms with Crippen LogP contribution in [0.25, 0.3) is 0 Å². The molecule has 4 aliphatic rings. The van der Waals surface area contributed by atoms with Crippen molar-refractivity contribution in [2.75, 3.05) is 23.6 Å². The van der Waals surface area contributed by atoms with E-state index in [2.05, 4.69) is 5.32 Å². The van der Waals surface area contributed by atoms with E-state index in [-0.39, 0.29) is 18.6 Å². The Balaban J connectivity index is 1.30. The van der Waals surface area contributed by atoms with Crippen LogP contribution >= 0.6 is 0 Å². The Kier molecular flexibility index (Phi) is 3.53. The fourth-order valence-electron chi connectivity index (χ4n) is 4.86. The van der Waals surface area contributed by atoms with Crippen molar-refractivity contribution in [2.45, 2.75) is 11.7 Å². The molecule has 152 valence electrons. The maximum absolute atomic E-state index is 13.5. The summed E-state index contributed by atoms with van der Waals surface area (Å²) in [6, 6.07) is 11.0. The Hall–Kier alpha value is -3.39. The third kappa shape index (κ3) is 2.40. The fraction of sp³-hybridized carbons (Fsp3) is 0.273. The van der Waals surface area contributed by atoms with Crippen LogP contribution in [0.1, 0.15) is 0 Å². The maximum Gasteiger partial charge on any atom is 0.234 e. The molecule has 30 heavy (non-hydrogen) atoms. The molecule has 4 aliphatic heterocycles. The van der Waals surface area contributed by atoms with Gasteiger partial charge in [0.25, 0.3) is 0 Å². The number of nitrogens with zero attached hydrogens (tertiary/aromatic N) is 1. The molecule has 8 heteroatoms. The molecule has 6 rings (SSSR count). The largest absolute Gasteiger partial charge is 0.454 e. The standard InChI is InChI=1S/C22H17FN2O5/c23-12-2-1-3-13(8-12)24-20(26)18-16-6-7-22(30-16)10-25(21(27)19(18)22)14-4-5-15-17(9-14)29-11-28-15/h1-9,16,18-19H,10-11H2,(H,24,26)/t16?,18?,19?,22-/m1/s1. The fourth-order valence-corrected chi connectivity index (χ4v) is 4.86. The number of rotatable bonds is 3. The second kappa shape index (κ2) is 6.06. The first kappa shape index (κ1) is 17.5. The van der Waals surface area contributed by atoms with E-state index in [0.717, 1.165) is 0 Å². The van der Waals surface area contributed by atoms with Crippen molar-refractivity contribution in [1.82, 2.24) is 0 Å². The molecule has 7 nitrogen and oxygen atoms in total. The third-order valence-electron chi connectivity index (χ3n) is 6.16. The second-order valence-electron chi connectivity index (χ2n) is 7.86. The molecule has 3 unspecified atom stereocenters. The number of amides is 2. The van der Waals surface area contributed by atoms with Gasteiger partial charge in [-0.1, -0.05) is 18.2 Å². The monoisotopic (exact) mass is 408 g/mol. The van der Waals surface area contributed by atoms with Gasteiger partial charge in [-0.2, -0.15) is 0 Å². The number of hydrogen-bond donors (Lipinski definition) is 1. The van der Waals surface area contributed by atoms with Crippen molar-refractivity contribution in [2.24, 2.45) is 11.8 Å². The Morgan fingerprint density at radius 1 is 1.17 bits per heavy atom. The summed E-state index contributed by atoms with van der Waals surface area (Å²) in [5, 5.41) is 2.73. The Morgan fingerprint density at radius 3 is 2.90 bits per heavy atom. The molecule has 0 radical (unpaired) electrons. The summed E-state index contributed by atoms with van der Waals surface area (Å²) in [7, 11) is 0. The van der Waals surface area contributed by atoms with Gasteiger partial charge in [0, 0.05) is 17.4 Å². The average molecular weight is 408 g/mol. The molecule has 2 aromatic rings. The zero-order valence-corrected chi connectivity index (χ0v) is 15.7. The van der Waals surface area contributed by atoms with E-state index in [9.17, 15) is 14.0 Å². The molecule has 1 N–H and O–H groups in total. The second-order valence-corrected chi connectivity index (χ2v) is 7.86. The van der Waals surface area contributed by atoms with Crippen LogP contribution in [-0.4, -0.2) is 36.9 Å². The summed E-state index contributed by atoms with van der Waals surface area (Å²) in [6.45, 7) is 0.460. The summed E-state index contributed by atoms with van der Waals surface area (Å²) in [5.74, 6) is -1.11. The summed E-state index contributed by atoms with van der Waals surface area (Å²) in [5.41, 5.74) is 0.166. The molecule has 4 heterocycles. The third-order valence-corrected chi connectivity index (χ3v) is 6.16. The van der Waals surface area contributed by atoms with Crippen molar-refractivity contribution < 1.29 is 28.2 Å². The van der Waals surface area contributed by atoms with E-state index in [4.69, 9.17) is 14.2 Å². The van der Waals surface area contributed by atoms with Crippen LogP contribution in [0.2, 0.25) is 0 Å². The summed E-state index contributed by atoms with van der Waals surface area (Å²) >= 11 is 0. The van der Waals surface area contributed by atoms with Crippen molar-refractivity contribution in [1.29, 1.82) is 0 Å². The van der Waals surface area contributed by atoms with Gasteiger partial charge in [-0.15, -0.1) is 0 Å². The van der Waals surface area contributed by atoms with Crippen LogP contribution in [-0.2, 0) is 14.3 Å². The highest BCUT2D eigenvalue weighted by atomic mass is 19.1. The highest BCUT2D eigenvalue weighted by Gasteiger charge is 2.67. The first-order valence-electron chi connectivity index (χ1n) is 9.69. The van der Waals surface area contributed by atoms with Gasteiger partial charge in [0.2, 0.25) is 18.6 Å². The van der Waals surface area contributed by atoms with E-state index in [1.54, 1.807) is 29.2 Å². The minimum Gasteiger partial charge on any atom is -0.454 e. The quantitative estimate of drug-likeness (QED) is 0.790.